The van der Waals surface area contributed by atoms with E-state index in [0.717, 1.165) is 27.7 Å². The maximum Gasteiger partial charge on any atom is 0.224 e. The van der Waals surface area contributed by atoms with E-state index < -0.39 is 0 Å². The molecule has 2 aromatic heterocycles. The molecule has 0 radical (unpaired) electrons. The van der Waals surface area contributed by atoms with Crippen LogP contribution in [-0.2, 0) is 6.54 Å². The number of rotatable bonds is 5. The van der Waals surface area contributed by atoms with E-state index in [1.54, 1.807) is 13.3 Å². The van der Waals surface area contributed by atoms with Crippen LogP contribution in [0.25, 0.3) is 22.2 Å². The molecule has 2 heterocycles. The second-order valence-corrected chi connectivity index (χ2v) is 5.84. The van der Waals surface area contributed by atoms with Crippen LogP contribution in [0.1, 0.15) is 5.56 Å². The van der Waals surface area contributed by atoms with Crippen molar-refractivity contribution in [2.24, 2.45) is 0 Å². The number of hydrogen-bond acceptors (Lipinski definition) is 5. The molecule has 4 aromatic rings. The summed E-state index contributed by atoms with van der Waals surface area (Å²) >= 11 is 0. The highest BCUT2D eigenvalue weighted by Gasteiger charge is 2.09. The Morgan fingerprint density at radius 2 is 1.69 bits per heavy atom. The van der Waals surface area contributed by atoms with E-state index in [4.69, 9.17) is 9.72 Å². The number of hydrogen-bond donors (Lipinski definition) is 1. The molecule has 0 aliphatic carbocycles. The van der Waals surface area contributed by atoms with Crippen LogP contribution in [0.5, 0.6) is 5.88 Å². The van der Waals surface area contributed by atoms with E-state index in [1.807, 2.05) is 48.5 Å². The minimum atomic E-state index is 0.587. The highest BCUT2D eigenvalue weighted by Crippen LogP contribution is 2.27. The van der Waals surface area contributed by atoms with Gasteiger partial charge in [-0.25, -0.2) is 15.0 Å². The molecule has 1 N–H and O–H groups in total. The van der Waals surface area contributed by atoms with Gasteiger partial charge in [-0.2, -0.15) is 0 Å². The predicted octanol–water partition coefficient (Wildman–Crippen LogP) is 4.31. The average molecular weight is 342 g/mol. The number of nitrogens with one attached hydrogen (secondary N) is 1. The molecule has 0 unspecified atom stereocenters. The molecule has 0 spiro atoms. The Bertz CT molecular complexity index is 1020. The summed E-state index contributed by atoms with van der Waals surface area (Å²) in [6, 6.07) is 22.0. The summed E-state index contributed by atoms with van der Waals surface area (Å²) in [6.07, 6.45) is 1.78. The minimum absolute atomic E-state index is 0.587. The van der Waals surface area contributed by atoms with Crippen molar-refractivity contribution >= 4 is 16.9 Å². The monoisotopic (exact) mass is 342 g/mol. The molecule has 0 saturated heterocycles. The van der Waals surface area contributed by atoms with Crippen LogP contribution in [0, 0.1) is 0 Å². The number of para-hydroxylation sites is 1. The SMILES string of the molecule is COc1ccc(CNc2nc(-c3ccccc3)c3ccccc3n2)cn1. The zero-order chi connectivity index (χ0) is 17.8. The zero-order valence-electron chi connectivity index (χ0n) is 14.4. The Balaban J connectivity index is 1.67. The van der Waals surface area contributed by atoms with Crippen molar-refractivity contribution in [1.29, 1.82) is 0 Å². The van der Waals surface area contributed by atoms with Gasteiger partial charge in [-0.3, -0.25) is 0 Å². The van der Waals surface area contributed by atoms with Crippen molar-refractivity contribution in [1.82, 2.24) is 15.0 Å². The first-order chi connectivity index (χ1) is 12.8. The summed E-state index contributed by atoms with van der Waals surface area (Å²) in [6.45, 7) is 0.587. The van der Waals surface area contributed by atoms with Crippen molar-refractivity contribution in [2.45, 2.75) is 6.54 Å². The number of fused-ring (bicyclic) bond motifs is 1. The number of aromatic nitrogens is 3. The fraction of sp³-hybridized carbons (Fsp3) is 0.0952. The summed E-state index contributed by atoms with van der Waals surface area (Å²) in [7, 11) is 1.61. The molecular formula is C21H18N4O. The first kappa shape index (κ1) is 16.0. The maximum atomic E-state index is 5.09. The lowest BCUT2D eigenvalue weighted by atomic mass is 10.1. The number of pyridine rings is 1. The Hall–Kier alpha value is -3.47. The van der Waals surface area contributed by atoms with Gasteiger partial charge in [0.1, 0.15) is 0 Å². The van der Waals surface area contributed by atoms with Crippen molar-refractivity contribution in [3.63, 3.8) is 0 Å². The Morgan fingerprint density at radius 1 is 0.885 bits per heavy atom. The fourth-order valence-electron chi connectivity index (χ4n) is 2.79. The summed E-state index contributed by atoms with van der Waals surface area (Å²) in [5.41, 5.74) is 3.94. The summed E-state index contributed by atoms with van der Waals surface area (Å²) in [5, 5.41) is 4.34. The smallest absolute Gasteiger partial charge is 0.224 e. The summed E-state index contributed by atoms with van der Waals surface area (Å²) < 4.78 is 5.09. The van der Waals surface area contributed by atoms with Crippen LogP contribution in [0.15, 0.2) is 72.9 Å². The average Bonchev–Trinajstić information content (AvgIpc) is 2.72. The van der Waals surface area contributed by atoms with E-state index in [1.165, 1.54) is 0 Å². The molecule has 0 saturated carbocycles. The summed E-state index contributed by atoms with van der Waals surface area (Å²) in [4.78, 5) is 13.6. The van der Waals surface area contributed by atoms with Crippen molar-refractivity contribution in [3.8, 4) is 17.1 Å². The van der Waals surface area contributed by atoms with Crippen LogP contribution in [0.4, 0.5) is 5.95 Å². The van der Waals surface area contributed by atoms with Gasteiger partial charge < -0.3 is 10.1 Å². The highest BCUT2D eigenvalue weighted by atomic mass is 16.5. The quantitative estimate of drug-likeness (QED) is 0.585. The van der Waals surface area contributed by atoms with E-state index in [-0.39, 0.29) is 0 Å². The number of methoxy groups -OCH3 is 1. The van der Waals surface area contributed by atoms with Gasteiger partial charge in [0.15, 0.2) is 0 Å². The molecule has 0 aliphatic heterocycles. The molecule has 0 atom stereocenters. The molecule has 128 valence electrons. The van der Waals surface area contributed by atoms with E-state index in [2.05, 4.69) is 33.5 Å². The normalized spacial score (nSPS) is 10.7. The predicted molar refractivity (Wildman–Crippen MR) is 103 cm³/mol. The van der Waals surface area contributed by atoms with Crippen LogP contribution in [-0.4, -0.2) is 22.1 Å². The third-order valence-corrected chi connectivity index (χ3v) is 4.11. The second kappa shape index (κ2) is 7.19. The Kier molecular flexibility index (Phi) is 4.43. The van der Waals surface area contributed by atoms with Crippen LogP contribution in [0.2, 0.25) is 0 Å². The Morgan fingerprint density at radius 3 is 2.46 bits per heavy atom. The van der Waals surface area contributed by atoms with Gasteiger partial charge in [0.05, 0.1) is 18.3 Å². The van der Waals surface area contributed by atoms with Gasteiger partial charge >= 0.3 is 0 Å². The third kappa shape index (κ3) is 3.32. The van der Waals surface area contributed by atoms with Crippen molar-refractivity contribution in [3.05, 3.63) is 78.5 Å². The molecular weight excluding hydrogens is 324 g/mol. The Labute approximate surface area is 151 Å². The van der Waals surface area contributed by atoms with Gasteiger partial charge in [-0.1, -0.05) is 54.6 Å². The fourth-order valence-corrected chi connectivity index (χ4v) is 2.79. The van der Waals surface area contributed by atoms with E-state index in [9.17, 15) is 0 Å². The van der Waals surface area contributed by atoms with Crippen LogP contribution in [0.3, 0.4) is 0 Å². The number of anilines is 1. The third-order valence-electron chi connectivity index (χ3n) is 4.11. The van der Waals surface area contributed by atoms with Gasteiger partial charge in [-0.05, 0) is 11.6 Å². The van der Waals surface area contributed by atoms with Gasteiger partial charge in [-0.15, -0.1) is 0 Å². The van der Waals surface area contributed by atoms with Gasteiger partial charge in [0, 0.05) is 29.8 Å². The second-order valence-electron chi connectivity index (χ2n) is 5.84. The topological polar surface area (TPSA) is 59.9 Å². The first-order valence-electron chi connectivity index (χ1n) is 8.38. The number of ether oxygens (including phenoxy) is 1. The molecule has 0 fully saturated rings. The molecule has 26 heavy (non-hydrogen) atoms. The van der Waals surface area contributed by atoms with Crippen LogP contribution >= 0.6 is 0 Å². The zero-order valence-corrected chi connectivity index (χ0v) is 14.4. The standard InChI is InChI=1S/C21H18N4O/c1-26-19-12-11-15(13-22-19)14-23-21-24-18-10-6-5-9-17(18)20(25-21)16-7-3-2-4-8-16/h2-13H,14H2,1H3,(H,23,24,25). The van der Waals surface area contributed by atoms with E-state index >= 15 is 0 Å². The lowest BCUT2D eigenvalue weighted by molar-refractivity contribution is 0.397. The number of benzene rings is 2. The van der Waals surface area contributed by atoms with E-state index in [0.29, 0.717) is 18.4 Å². The van der Waals surface area contributed by atoms with Crippen molar-refractivity contribution < 1.29 is 4.74 Å². The van der Waals surface area contributed by atoms with Crippen molar-refractivity contribution in [2.75, 3.05) is 12.4 Å². The van der Waals surface area contributed by atoms with Crippen LogP contribution < -0.4 is 10.1 Å². The van der Waals surface area contributed by atoms with Gasteiger partial charge in [0.25, 0.3) is 0 Å². The first-order valence-corrected chi connectivity index (χ1v) is 8.38. The molecule has 5 nitrogen and oxygen atoms in total. The number of nitrogens with zero attached hydrogens (tertiary/aromatic N) is 3. The molecule has 0 aliphatic rings. The molecule has 2 aromatic carbocycles. The molecule has 0 bridgehead atoms. The minimum Gasteiger partial charge on any atom is -0.481 e. The molecule has 0 amide bonds. The molecule has 5 heteroatoms. The van der Waals surface area contributed by atoms with Gasteiger partial charge in [0.2, 0.25) is 11.8 Å². The largest absolute Gasteiger partial charge is 0.481 e. The lowest BCUT2D eigenvalue weighted by Gasteiger charge is -2.10. The lowest BCUT2D eigenvalue weighted by Crippen LogP contribution is -2.05. The maximum absolute atomic E-state index is 5.09. The molecule has 4 rings (SSSR count). The highest BCUT2D eigenvalue weighted by molar-refractivity contribution is 5.93. The summed E-state index contributed by atoms with van der Waals surface area (Å²) in [5.74, 6) is 1.19.